The molecule has 0 amide bonds. The third kappa shape index (κ3) is 1.26. The highest BCUT2D eigenvalue weighted by Gasteiger charge is 2.25. The molecule has 0 fully saturated rings. The number of Topliss-reactive ketones (excluding diaryl/α,β-unsaturated/α-hetero) is 1. The first kappa shape index (κ1) is 8.10. The SMILES string of the molecule is CC(=O)C1CNc2ccc(N)cc21. The lowest BCUT2D eigenvalue weighted by Crippen LogP contribution is -2.10. The Morgan fingerprint density at radius 1 is 1.62 bits per heavy atom. The molecule has 3 nitrogen and oxygen atoms in total. The highest BCUT2D eigenvalue weighted by Crippen LogP contribution is 2.33. The van der Waals surface area contributed by atoms with Crippen molar-refractivity contribution in [3.05, 3.63) is 23.8 Å². The van der Waals surface area contributed by atoms with Gasteiger partial charge in [-0.1, -0.05) is 0 Å². The molecular formula is C10H12N2O. The number of benzene rings is 1. The first-order valence-corrected chi connectivity index (χ1v) is 4.32. The Bertz CT molecular complexity index is 360. The van der Waals surface area contributed by atoms with Crippen molar-refractivity contribution in [2.24, 2.45) is 0 Å². The lowest BCUT2D eigenvalue weighted by molar-refractivity contribution is -0.118. The smallest absolute Gasteiger partial charge is 0.139 e. The number of nitrogen functional groups attached to an aromatic ring is 1. The normalized spacial score (nSPS) is 19.3. The number of carbonyl (C=O) groups excluding carboxylic acids is 1. The molecule has 68 valence electrons. The van der Waals surface area contributed by atoms with Gasteiger partial charge < -0.3 is 11.1 Å². The van der Waals surface area contributed by atoms with Crippen molar-refractivity contribution < 1.29 is 4.79 Å². The van der Waals surface area contributed by atoms with Gasteiger partial charge in [0, 0.05) is 17.9 Å². The highest BCUT2D eigenvalue weighted by molar-refractivity contribution is 5.88. The zero-order valence-corrected chi connectivity index (χ0v) is 7.50. The molecule has 1 aromatic rings. The number of carbonyl (C=O) groups is 1. The first-order valence-electron chi connectivity index (χ1n) is 4.32. The van der Waals surface area contributed by atoms with Crippen LogP contribution in [-0.2, 0) is 4.79 Å². The van der Waals surface area contributed by atoms with E-state index in [4.69, 9.17) is 5.73 Å². The topological polar surface area (TPSA) is 55.1 Å². The Kier molecular flexibility index (Phi) is 1.72. The number of rotatable bonds is 1. The summed E-state index contributed by atoms with van der Waals surface area (Å²) in [5.41, 5.74) is 8.44. The van der Waals surface area contributed by atoms with Gasteiger partial charge in [-0.2, -0.15) is 0 Å². The van der Waals surface area contributed by atoms with Gasteiger partial charge in [0.25, 0.3) is 0 Å². The van der Waals surface area contributed by atoms with E-state index in [1.165, 1.54) is 0 Å². The van der Waals surface area contributed by atoms with E-state index < -0.39 is 0 Å². The zero-order valence-electron chi connectivity index (χ0n) is 7.50. The predicted molar refractivity (Wildman–Crippen MR) is 52.8 cm³/mol. The molecule has 1 heterocycles. The average molecular weight is 176 g/mol. The van der Waals surface area contributed by atoms with Crippen LogP contribution >= 0.6 is 0 Å². The van der Waals surface area contributed by atoms with Crippen molar-refractivity contribution in [3.8, 4) is 0 Å². The minimum Gasteiger partial charge on any atom is -0.399 e. The fourth-order valence-corrected chi connectivity index (χ4v) is 1.72. The molecule has 0 bridgehead atoms. The number of fused-ring (bicyclic) bond motifs is 1. The quantitative estimate of drug-likeness (QED) is 0.635. The molecule has 0 radical (unpaired) electrons. The molecular weight excluding hydrogens is 164 g/mol. The summed E-state index contributed by atoms with van der Waals surface area (Å²) in [6.07, 6.45) is 0. The second-order valence-corrected chi connectivity index (χ2v) is 3.39. The molecule has 0 spiro atoms. The Balaban J connectivity index is 2.46. The van der Waals surface area contributed by atoms with Crippen molar-refractivity contribution >= 4 is 17.2 Å². The molecule has 13 heavy (non-hydrogen) atoms. The molecule has 2 rings (SSSR count). The minimum atomic E-state index is -0.0153. The van der Waals surface area contributed by atoms with E-state index in [-0.39, 0.29) is 11.7 Å². The summed E-state index contributed by atoms with van der Waals surface area (Å²) in [6, 6.07) is 5.64. The molecule has 0 saturated heterocycles. The summed E-state index contributed by atoms with van der Waals surface area (Å²) >= 11 is 0. The van der Waals surface area contributed by atoms with Crippen LogP contribution in [0, 0.1) is 0 Å². The Morgan fingerprint density at radius 2 is 2.38 bits per heavy atom. The molecule has 3 heteroatoms. The average Bonchev–Trinajstić information content (AvgIpc) is 2.46. The Hall–Kier alpha value is -1.51. The van der Waals surface area contributed by atoms with Crippen LogP contribution in [-0.4, -0.2) is 12.3 Å². The molecule has 0 aliphatic carbocycles. The van der Waals surface area contributed by atoms with Gasteiger partial charge in [-0.05, 0) is 30.7 Å². The lowest BCUT2D eigenvalue weighted by Gasteiger charge is -2.05. The molecule has 0 aromatic heterocycles. The van der Waals surface area contributed by atoms with Gasteiger partial charge in [0.15, 0.2) is 0 Å². The summed E-state index contributed by atoms with van der Waals surface area (Å²) in [6.45, 7) is 2.32. The van der Waals surface area contributed by atoms with Crippen LogP contribution in [0.25, 0.3) is 0 Å². The first-order chi connectivity index (χ1) is 6.18. The van der Waals surface area contributed by atoms with E-state index in [0.717, 1.165) is 11.3 Å². The molecule has 1 atom stereocenters. The molecule has 3 N–H and O–H groups in total. The fraction of sp³-hybridized carbons (Fsp3) is 0.300. The van der Waals surface area contributed by atoms with Crippen LogP contribution in [0.3, 0.4) is 0 Å². The van der Waals surface area contributed by atoms with Gasteiger partial charge in [-0.25, -0.2) is 0 Å². The van der Waals surface area contributed by atoms with Crippen molar-refractivity contribution in [1.29, 1.82) is 0 Å². The van der Waals surface area contributed by atoms with Crippen molar-refractivity contribution in [2.75, 3.05) is 17.6 Å². The van der Waals surface area contributed by atoms with E-state index in [0.29, 0.717) is 12.2 Å². The second-order valence-electron chi connectivity index (χ2n) is 3.39. The lowest BCUT2D eigenvalue weighted by atomic mass is 9.97. The summed E-state index contributed by atoms with van der Waals surface area (Å²) in [7, 11) is 0. The van der Waals surface area contributed by atoms with Crippen LogP contribution in [0.5, 0.6) is 0 Å². The number of ketones is 1. The summed E-state index contributed by atoms with van der Waals surface area (Å²) in [5.74, 6) is 0.176. The van der Waals surface area contributed by atoms with E-state index in [9.17, 15) is 4.79 Å². The Morgan fingerprint density at radius 3 is 3.08 bits per heavy atom. The van der Waals surface area contributed by atoms with E-state index in [1.54, 1.807) is 6.92 Å². The maximum Gasteiger partial charge on any atom is 0.139 e. The van der Waals surface area contributed by atoms with Crippen LogP contribution in [0.4, 0.5) is 11.4 Å². The molecule has 1 aromatic carbocycles. The van der Waals surface area contributed by atoms with E-state index in [1.807, 2.05) is 18.2 Å². The van der Waals surface area contributed by atoms with Crippen molar-refractivity contribution in [3.63, 3.8) is 0 Å². The fourth-order valence-electron chi connectivity index (χ4n) is 1.72. The van der Waals surface area contributed by atoms with E-state index >= 15 is 0 Å². The predicted octanol–water partition coefficient (Wildman–Crippen LogP) is 1.37. The summed E-state index contributed by atoms with van der Waals surface area (Å²) in [4.78, 5) is 11.2. The molecule has 1 aliphatic rings. The third-order valence-electron chi connectivity index (χ3n) is 2.44. The number of nitrogens with one attached hydrogen (secondary N) is 1. The van der Waals surface area contributed by atoms with Gasteiger partial charge in [-0.15, -0.1) is 0 Å². The Labute approximate surface area is 76.9 Å². The maximum atomic E-state index is 11.2. The van der Waals surface area contributed by atoms with Crippen LogP contribution < -0.4 is 11.1 Å². The zero-order chi connectivity index (χ0) is 9.42. The molecule has 1 unspecified atom stereocenters. The summed E-state index contributed by atoms with van der Waals surface area (Å²) < 4.78 is 0. The van der Waals surface area contributed by atoms with E-state index in [2.05, 4.69) is 5.32 Å². The molecule has 0 saturated carbocycles. The van der Waals surface area contributed by atoms with Crippen LogP contribution in [0.2, 0.25) is 0 Å². The van der Waals surface area contributed by atoms with Gasteiger partial charge in [-0.3, -0.25) is 4.79 Å². The van der Waals surface area contributed by atoms with Crippen molar-refractivity contribution in [1.82, 2.24) is 0 Å². The van der Waals surface area contributed by atoms with Crippen LogP contribution in [0.15, 0.2) is 18.2 Å². The van der Waals surface area contributed by atoms with Crippen LogP contribution in [0.1, 0.15) is 18.4 Å². The number of nitrogens with two attached hydrogens (primary N) is 1. The third-order valence-corrected chi connectivity index (χ3v) is 2.44. The minimum absolute atomic E-state index is 0.0153. The molecule has 1 aliphatic heterocycles. The van der Waals surface area contributed by atoms with Crippen molar-refractivity contribution in [2.45, 2.75) is 12.8 Å². The highest BCUT2D eigenvalue weighted by atomic mass is 16.1. The second kappa shape index (κ2) is 2.76. The number of hydrogen-bond donors (Lipinski definition) is 2. The number of hydrogen-bond acceptors (Lipinski definition) is 3. The monoisotopic (exact) mass is 176 g/mol. The summed E-state index contributed by atoms with van der Waals surface area (Å²) in [5, 5.41) is 3.18. The van der Waals surface area contributed by atoms with Gasteiger partial charge in [0.05, 0.1) is 5.92 Å². The van der Waals surface area contributed by atoms with Gasteiger partial charge >= 0.3 is 0 Å². The largest absolute Gasteiger partial charge is 0.399 e. The number of anilines is 2. The van der Waals surface area contributed by atoms with Gasteiger partial charge in [0.1, 0.15) is 5.78 Å². The maximum absolute atomic E-state index is 11.2. The standard InChI is InChI=1S/C10H12N2O/c1-6(13)9-5-12-10-3-2-7(11)4-8(9)10/h2-4,9,12H,5,11H2,1H3. The van der Waals surface area contributed by atoms with Gasteiger partial charge in [0.2, 0.25) is 0 Å².